The van der Waals surface area contributed by atoms with Crippen LogP contribution in [-0.4, -0.2) is 23.5 Å². The summed E-state index contributed by atoms with van der Waals surface area (Å²) in [4.78, 5) is 9.68. The third-order valence-electron chi connectivity index (χ3n) is 2.79. The van der Waals surface area contributed by atoms with Crippen molar-refractivity contribution < 1.29 is 4.84 Å². The molecule has 0 amide bonds. The zero-order chi connectivity index (χ0) is 10.8. The first-order valence-corrected chi connectivity index (χ1v) is 5.54. The van der Waals surface area contributed by atoms with Gasteiger partial charge in [-0.1, -0.05) is 17.3 Å². The molecule has 1 aromatic rings. The summed E-state index contributed by atoms with van der Waals surface area (Å²) in [7, 11) is 0. The smallest absolute Gasteiger partial charge is 0.206 e. The normalized spacial score (nSPS) is 23.9. The topological polar surface area (TPSA) is 46.5 Å². The quantitative estimate of drug-likeness (QED) is 0.771. The van der Waals surface area contributed by atoms with Crippen LogP contribution in [-0.2, 0) is 4.84 Å². The predicted molar refractivity (Wildman–Crippen MR) is 61.0 cm³/mol. The highest BCUT2D eigenvalue weighted by Crippen LogP contribution is 2.22. The largest absolute Gasteiger partial charge is 0.371 e. The van der Waals surface area contributed by atoms with E-state index in [2.05, 4.69) is 21.5 Å². The number of oxime groups is 1. The Kier molecular flexibility index (Phi) is 2.42. The summed E-state index contributed by atoms with van der Waals surface area (Å²) in [6, 6.07) is 5.82. The fourth-order valence-electron chi connectivity index (χ4n) is 1.98. The average molecular weight is 215 g/mol. The van der Waals surface area contributed by atoms with Crippen LogP contribution < -0.4 is 5.32 Å². The second-order valence-electron chi connectivity index (χ2n) is 3.90. The number of aromatic nitrogens is 1. The van der Waals surface area contributed by atoms with E-state index in [9.17, 15) is 0 Å². The van der Waals surface area contributed by atoms with Crippen LogP contribution in [0.4, 0.5) is 0 Å². The Morgan fingerprint density at radius 1 is 1.38 bits per heavy atom. The van der Waals surface area contributed by atoms with Crippen molar-refractivity contribution in [2.75, 3.05) is 6.54 Å². The molecule has 0 unspecified atom stereocenters. The number of pyridine rings is 1. The fourth-order valence-corrected chi connectivity index (χ4v) is 1.98. The van der Waals surface area contributed by atoms with Gasteiger partial charge in [-0.15, -0.1) is 0 Å². The van der Waals surface area contributed by atoms with Crippen molar-refractivity contribution in [1.29, 1.82) is 0 Å². The second-order valence-corrected chi connectivity index (χ2v) is 3.90. The van der Waals surface area contributed by atoms with E-state index in [4.69, 9.17) is 4.84 Å². The third-order valence-corrected chi connectivity index (χ3v) is 2.79. The van der Waals surface area contributed by atoms with Crippen molar-refractivity contribution in [3.63, 3.8) is 0 Å². The van der Waals surface area contributed by atoms with Crippen LogP contribution in [0, 0.1) is 0 Å². The highest BCUT2D eigenvalue weighted by molar-refractivity contribution is 6.12. The Bertz CT molecular complexity index is 439. The van der Waals surface area contributed by atoms with Gasteiger partial charge in [0.2, 0.25) is 6.23 Å². The minimum atomic E-state index is -0.0838. The molecule has 0 aliphatic carbocycles. The molecule has 3 heterocycles. The molecule has 1 N–H and O–H groups in total. The fraction of sp³-hybridized carbons (Fsp3) is 0.333. The summed E-state index contributed by atoms with van der Waals surface area (Å²) in [5.41, 5.74) is 2.86. The minimum Gasteiger partial charge on any atom is -0.371 e. The van der Waals surface area contributed by atoms with E-state index >= 15 is 0 Å². The van der Waals surface area contributed by atoms with Crippen LogP contribution >= 0.6 is 0 Å². The SMILES string of the molecule is C1=C2C(c3ccccn3)=NO[C@@H]2NCCC1. The molecule has 0 radical (unpaired) electrons. The summed E-state index contributed by atoms with van der Waals surface area (Å²) in [5, 5.41) is 7.43. The van der Waals surface area contributed by atoms with Gasteiger partial charge in [0.05, 0.1) is 5.69 Å². The van der Waals surface area contributed by atoms with Gasteiger partial charge in [-0.2, -0.15) is 0 Å². The molecule has 2 aliphatic rings. The summed E-state index contributed by atoms with van der Waals surface area (Å²) < 4.78 is 0. The van der Waals surface area contributed by atoms with Gasteiger partial charge in [-0.25, -0.2) is 0 Å². The molecule has 16 heavy (non-hydrogen) atoms. The lowest BCUT2D eigenvalue weighted by atomic mass is 10.1. The van der Waals surface area contributed by atoms with Gasteiger partial charge in [0.25, 0.3) is 0 Å². The summed E-state index contributed by atoms with van der Waals surface area (Å²) in [6.45, 7) is 0.968. The molecule has 0 fully saturated rings. The second kappa shape index (κ2) is 4.06. The predicted octanol–water partition coefficient (Wildman–Crippen LogP) is 1.45. The molecule has 0 bridgehead atoms. The van der Waals surface area contributed by atoms with Crippen LogP contribution in [0.15, 0.2) is 41.2 Å². The molecule has 4 heteroatoms. The molecule has 4 nitrogen and oxygen atoms in total. The maximum atomic E-state index is 5.37. The third kappa shape index (κ3) is 1.61. The van der Waals surface area contributed by atoms with Gasteiger partial charge < -0.3 is 4.84 Å². The Morgan fingerprint density at radius 2 is 2.38 bits per heavy atom. The summed E-state index contributed by atoms with van der Waals surface area (Å²) >= 11 is 0. The Balaban J connectivity index is 1.95. The molecule has 2 aliphatic heterocycles. The Labute approximate surface area is 94.0 Å². The van der Waals surface area contributed by atoms with Crippen molar-refractivity contribution in [3.8, 4) is 0 Å². The molecule has 0 saturated heterocycles. The van der Waals surface area contributed by atoms with Crippen molar-refractivity contribution in [2.45, 2.75) is 19.1 Å². The lowest BCUT2D eigenvalue weighted by molar-refractivity contribution is 0.0808. The monoisotopic (exact) mass is 215 g/mol. The number of nitrogens with zero attached hydrogens (tertiary/aromatic N) is 2. The zero-order valence-electron chi connectivity index (χ0n) is 8.89. The number of fused-ring (bicyclic) bond motifs is 1. The van der Waals surface area contributed by atoms with E-state index in [1.807, 2.05) is 18.2 Å². The zero-order valence-corrected chi connectivity index (χ0v) is 8.89. The molecular formula is C12H13N3O. The molecule has 3 rings (SSSR count). The standard InChI is InChI=1S/C12H13N3O/c1-3-8-14-12-9(5-1)11(15-16-12)10-6-2-4-7-13-10/h2,4-7,12,14H,1,3,8H2/t12-/m0/s1. The number of rotatable bonds is 1. The lowest BCUT2D eigenvalue weighted by Crippen LogP contribution is -2.30. The highest BCUT2D eigenvalue weighted by Gasteiger charge is 2.29. The summed E-state index contributed by atoms with van der Waals surface area (Å²) in [5.74, 6) is 0. The maximum Gasteiger partial charge on any atom is 0.206 e. The van der Waals surface area contributed by atoms with Gasteiger partial charge in [-0.05, 0) is 31.5 Å². The first-order chi connectivity index (χ1) is 7.95. The van der Waals surface area contributed by atoms with E-state index in [1.165, 1.54) is 0 Å². The van der Waals surface area contributed by atoms with Crippen molar-refractivity contribution >= 4 is 5.71 Å². The van der Waals surface area contributed by atoms with E-state index < -0.39 is 0 Å². The van der Waals surface area contributed by atoms with Crippen LogP contribution in [0.1, 0.15) is 18.5 Å². The number of allylic oxidation sites excluding steroid dienone is 1. The van der Waals surface area contributed by atoms with Gasteiger partial charge in [0, 0.05) is 11.8 Å². The van der Waals surface area contributed by atoms with Crippen molar-refractivity contribution in [1.82, 2.24) is 10.3 Å². The van der Waals surface area contributed by atoms with E-state index in [-0.39, 0.29) is 6.23 Å². The minimum absolute atomic E-state index is 0.0838. The van der Waals surface area contributed by atoms with E-state index in [1.54, 1.807) is 6.20 Å². The molecular weight excluding hydrogens is 202 g/mol. The van der Waals surface area contributed by atoms with Gasteiger partial charge in [0.1, 0.15) is 5.71 Å². The number of nitrogens with one attached hydrogen (secondary N) is 1. The lowest BCUT2D eigenvalue weighted by Gasteiger charge is -2.09. The van der Waals surface area contributed by atoms with Gasteiger partial charge >= 0.3 is 0 Å². The molecule has 0 spiro atoms. The number of hydrogen-bond acceptors (Lipinski definition) is 4. The van der Waals surface area contributed by atoms with Gasteiger partial charge in [-0.3, -0.25) is 10.3 Å². The Hall–Kier alpha value is -1.68. The van der Waals surface area contributed by atoms with E-state index in [0.29, 0.717) is 0 Å². The maximum absolute atomic E-state index is 5.37. The molecule has 0 aromatic carbocycles. The van der Waals surface area contributed by atoms with Gasteiger partial charge in [0.15, 0.2) is 0 Å². The first kappa shape index (κ1) is 9.54. The highest BCUT2D eigenvalue weighted by atomic mass is 16.7. The van der Waals surface area contributed by atoms with Crippen molar-refractivity contribution in [2.24, 2.45) is 5.16 Å². The van der Waals surface area contributed by atoms with Crippen molar-refractivity contribution in [3.05, 3.63) is 41.7 Å². The Morgan fingerprint density at radius 3 is 3.25 bits per heavy atom. The van der Waals surface area contributed by atoms with Crippen LogP contribution in [0.2, 0.25) is 0 Å². The first-order valence-electron chi connectivity index (χ1n) is 5.54. The number of hydrogen-bond donors (Lipinski definition) is 1. The van der Waals surface area contributed by atoms with Crippen LogP contribution in [0.25, 0.3) is 0 Å². The summed E-state index contributed by atoms with van der Waals surface area (Å²) in [6.07, 6.45) is 6.09. The molecule has 1 atom stereocenters. The molecule has 82 valence electrons. The van der Waals surface area contributed by atoms with Crippen LogP contribution in [0.3, 0.4) is 0 Å². The van der Waals surface area contributed by atoms with E-state index in [0.717, 1.165) is 36.4 Å². The molecule has 1 aromatic heterocycles. The molecule has 0 saturated carbocycles. The van der Waals surface area contributed by atoms with Crippen LogP contribution in [0.5, 0.6) is 0 Å². The average Bonchev–Trinajstić information content (AvgIpc) is 2.60.